The van der Waals surface area contributed by atoms with Gasteiger partial charge in [-0.15, -0.1) is 0 Å². The molecule has 2 rings (SSSR count). The molecule has 0 heterocycles. The van der Waals surface area contributed by atoms with Gasteiger partial charge in [-0.2, -0.15) is 0 Å². The number of anilines is 1. The van der Waals surface area contributed by atoms with Crippen LogP contribution in [0.2, 0.25) is 0 Å². The summed E-state index contributed by atoms with van der Waals surface area (Å²) >= 11 is 0. The molecule has 4 nitrogen and oxygen atoms in total. The summed E-state index contributed by atoms with van der Waals surface area (Å²) in [6.07, 6.45) is 0. The molecule has 0 saturated carbocycles. The zero-order chi connectivity index (χ0) is 15.4. The summed E-state index contributed by atoms with van der Waals surface area (Å²) in [5, 5.41) is 0. The Bertz CT molecular complexity index is 671. The number of carbonyl (C=O) groups is 1. The summed E-state index contributed by atoms with van der Waals surface area (Å²) in [5.41, 5.74) is 6.59. The number of nitrogens with two attached hydrogens (primary N) is 1. The fourth-order valence-electron chi connectivity index (χ4n) is 2.02. The van der Waals surface area contributed by atoms with Crippen molar-refractivity contribution in [2.45, 2.75) is 6.92 Å². The number of carbonyl (C=O) groups excluding carboxylic acids is 1. The van der Waals surface area contributed by atoms with E-state index in [1.807, 2.05) is 6.92 Å². The summed E-state index contributed by atoms with van der Waals surface area (Å²) < 4.78 is 24.0. The number of hydrogen-bond donors (Lipinski definition) is 1. The minimum atomic E-state index is -0.601. The topological polar surface area (TPSA) is 61.5 Å². The van der Waals surface area contributed by atoms with Crippen molar-refractivity contribution in [1.29, 1.82) is 0 Å². The van der Waals surface area contributed by atoms with Crippen molar-refractivity contribution in [3.05, 3.63) is 53.3 Å². The van der Waals surface area contributed by atoms with Crippen molar-refractivity contribution in [2.75, 3.05) is 19.5 Å². The second-order valence-corrected chi connectivity index (χ2v) is 4.33. The Hall–Kier alpha value is -2.56. The third kappa shape index (κ3) is 2.97. The average molecular weight is 289 g/mol. The molecule has 0 aromatic heterocycles. The van der Waals surface area contributed by atoms with E-state index in [4.69, 9.17) is 15.2 Å². The maximum absolute atomic E-state index is 13.7. The minimum absolute atomic E-state index is 0.0811. The molecule has 0 fully saturated rings. The molecule has 0 saturated heterocycles. The quantitative estimate of drug-likeness (QED) is 0.679. The van der Waals surface area contributed by atoms with Crippen LogP contribution in [0.3, 0.4) is 0 Å². The Morgan fingerprint density at radius 2 is 2.00 bits per heavy atom. The van der Waals surface area contributed by atoms with Crippen LogP contribution >= 0.6 is 0 Å². The van der Waals surface area contributed by atoms with Gasteiger partial charge in [0.05, 0.1) is 19.3 Å². The molecule has 0 amide bonds. The lowest BCUT2D eigenvalue weighted by atomic mass is 10.0. The third-order valence-corrected chi connectivity index (χ3v) is 3.00. The van der Waals surface area contributed by atoms with Crippen LogP contribution in [0.25, 0.3) is 0 Å². The molecule has 0 spiro atoms. The number of methoxy groups -OCH3 is 1. The fourth-order valence-corrected chi connectivity index (χ4v) is 2.02. The first-order chi connectivity index (χ1) is 10.1. The van der Waals surface area contributed by atoms with Gasteiger partial charge in [0.25, 0.3) is 0 Å². The van der Waals surface area contributed by atoms with E-state index in [1.165, 1.54) is 19.2 Å². The van der Waals surface area contributed by atoms with E-state index >= 15 is 0 Å². The highest BCUT2D eigenvalue weighted by Gasteiger charge is 2.19. The molecular weight excluding hydrogens is 273 g/mol. The summed E-state index contributed by atoms with van der Waals surface area (Å²) in [7, 11) is 1.36. The van der Waals surface area contributed by atoms with Crippen LogP contribution in [0.1, 0.15) is 22.8 Å². The van der Waals surface area contributed by atoms with Crippen molar-refractivity contribution in [3.8, 4) is 11.5 Å². The molecule has 2 N–H and O–H groups in total. The SMILES string of the molecule is CCOc1cccc(N)c1C(=O)c1ccc(OC)c(F)c1. The Morgan fingerprint density at radius 3 is 2.62 bits per heavy atom. The highest BCUT2D eigenvalue weighted by Crippen LogP contribution is 2.28. The number of nitrogen functional groups attached to an aromatic ring is 1. The average Bonchev–Trinajstić information content (AvgIpc) is 2.47. The highest BCUT2D eigenvalue weighted by molar-refractivity contribution is 6.14. The van der Waals surface area contributed by atoms with Crippen LogP contribution in [0.15, 0.2) is 36.4 Å². The molecule has 0 aliphatic heterocycles. The van der Waals surface area contributed by atoms with Gasteiger partial charge in [-0.05, 0) is 37.3 Å². The van der Waals surface area contributed by atoms with Gasteiger partial charge in [0, 0.05) is 11.3 Å². The Balaban J connectivity index is 2.47. The van der Waals surface area contributed by atoms with Gasteiger partial charge in [0.2, 0.25) is 0 Å². The molecule has 0 bridgehead atoms. The predicted molar refractivity (Wildman–Crippen MR) is 78.4 cm³/mol. The van der Waals surface area contributed by atoms with Crippen molar-refractivity contribution in [1.82, 2.24) is 0 Å². The smallest absolute Gasteiger partial charge is 0.198 e. The molecule has 0 unspecified atom stereocenters. The summed E-state index contributed by atoms with van der Waals surface area (Å²) in [6.45, 7) is 2.21. The lowest BCUT2D eigenvalue weighted by Crippen LogP contribution is -2.09. The van der Waals surface area contributed by atoms with Crippen LogP contribution in [0.5, 0.6) is 11.5 Å². The number of ether oxygens (including phenoxy) is 2. The van der Waals surface area contributed by atoms with Crippen LogP contribution in [-0.4, -0.2) is 19.5 Å². The van der Waals surface area contributed by atoms with E-state index in [0.717, 1.165) is 6.07 Å². The van der Waals surface area contributed by atoms with Gasteiger partial charge < -0.3 is 15.2 Å². The molecule has 21 heavy (non-hydrogen) atoms. The Kier molecular flexibility index (Phi) is 4.42. The van der Waals surface area contributed by atoms with E-state index in [0.29, 0.717) is 18.0 Å². The minimum Gasteiger partial charge on any atom is -0.494 e. The first kappa shape index (κ1) is 14.8. The predicted octanol–water partition coefficient (Wildman–Crippen LogP) is 3.05. The Morgan fingerprint density at radius 1 is 1.24 bits per heavy atom. The van der Waals surface area contributed by atoms with Crippen molar-refractivity contribution in [3.63, 3.8) is 0 Å². The lowest BCUT2D eigenvalue weighted by Gasteiger charge is -2.12. The van der Waals surface area contributed by atoms with Crippen LogP contribution < -0.4 is 15.2 Å². The van der Waals surface area contributed by atoms with E-state index in [2.05, 4.69) is 0 Å². The molecule has 5 heteroatoms. The van der Waals surface area contributed by atoms with E-state index in [-0.39, 0.29) is 16.9 Å². The number of benzene rings is 2. The molecule has 110 valence electrons. The second kappa shape index (κ2) is 6.26. The monoisotopic (exact) mass is 289 g/mol. The van der Waals surface area contributed by atoms with Crippen molar-refractivity contribution >= 4 is 11.5 Å². The maximum atomic E-state index is 13.7. The molecule has 0 aliphatic rings. The summed E-state index contributed by atoms with van der Waals surface area (Å²) in [4.78, 5) is 12.5. The van der Waals surface area contributed by atoms with Gasteiger partial charge in [-0.25, -0.2) is 4.39 Å². The maximum Gasteiger partial charge on any atom is 0.198 e. The van der Waals surface area contributed by atoms with E-state index in [1.54, 1.807) is 18.2 Å². The molecule has 0 radical (unpaired) electrons. The number of halogens is 1. The summed E-state index contributed by atoms with van der Waals surface area (Å²) in [6, 6.07) is 8.99. The fraction of sp³-hybridized carbons (Fsp3) is 0.188. The van der Waals surface area contributed by atoms with Crippen molar-refractivity contribution in [2.24, 2.45) is 0 Å². The molecule has 2 aromatic carbocycles. The van der Waals surface area contributed by atoms with Gasteiger partial charge in [-0.3, -0.25) is 4.79 Å². The van der Waals surface area contributed by atoms with Crippen LogP contribution in [0, 0.1) is 5.82 Å². The zero-order valence-corrected chi connectivity index (χ0v) is 11.9. The molecule has 0 atom stereocenters. The normalized spacial score (nSPS) is 10.2. The van der Waals surface area contributed by atoms with Gasteiger partial charge in [0.15, 0.2) is 17.3 Å². The lowest BCUT2D eigenvalue weighted by molar-refractivity contribution is 0.103. The number of hydrogen-bond acceptors (Lipinski definition) is 4. The highest BCUT2D eigenvalue weighted by atomic mass is 19.1. The zero-order valence-electron chi connectivity index (χ0n) is 11.9. The molecule has 0 aliphatic carbocycles. The van der Waals surface area contributed by atoms with E-state index < -0.39 is 11.6 Å². The van der Waals surface area contributed by atoms with Crippen LogP contribution in [0.4, 0.5) is 10.1 Å². The van der Waals surface area contributed by atoms with Gasteiger partial charge in [-0.1, -0.05) is 6.07 Å². The first-order valence-corrected chi connectivity index (χ1v) is 6.48. The second-order valence-electron chi connectivity index (χ2n) is 4.33. The standard InChI is InChI=1S/C16H16FNO3/c1-3-21-14-6-4-5-12(18)15(14)16(19)10-7-8-13(20-2)11(17)9-10/h4-9H,3,18H2,1-2H3. The summed E-state index contributed by atoms with van der Waals surface area (Å²) in [5.74, 6) is -0.523. The van der Waals surface area contributed by atoms with Crippen LogP contribution in [-0.2, 0) is 0 Å². The van der Waals surface area contributed by atoms with Gasteiger partial charge >= 0.3 is 0 Å². The van der Waals surface area contributed by atoms with E-state index in [9.17, 15) is 9.18 Å². The van der Waals surface area contributed by atoms with Crippen molar-refractivity contribution < 1.29 is 18.7 Å². The largest absolute Gasteiger partial charge is 0.494 e. The molecular formula is C16H16FNO3. The first-order valence-electron chi connectivity index (χ1n) is 6.48. The number of ketones is 1. The van der Waals surface area contributed by atoms with Gasteiger partial charge in [0.1, 0.15) is 5.75 Å². The third-order valence-electron chi connectivity index (χ3n) is 3.00. The Labute approximate surface area is 122 Å². The molecule has 2 aromatic rings. The number of rotatable bonds is 5.